The molecule has 0 aromatic heterocycles. The number of hydrogen-bond donors (Lipinski definition) is 2. The van der Waals surface area contributed by atoms with Crippen LogP contribution in [0.15, 0.2) is 0 Å². The second kappa shape index (κ2) is 3.07. The minimum absolute atomic E-state index is 0.189. The second-order valence-electron chi connectivity index (χ2n) is 8.06. The summed E-state index contributed by atoms with van der Waals surface area (Å²) in [4.78, 5) is 24.8. The molecule has 2 N–H and O–H groups in total. The predicted octanol–water partition coefficient (Wildman–Crippen LogP) is -0.867. The van der Waals surface area contributed by atoms with Crippen molar-refractivity contribution < 1.29 is 34.0 Å². The number of esters is 2. The summed E-state index contributed by atoms with van der Waals surface area (Å²) >= 11 is 0. The fourth-order valence-electron chi connectivity index (χ4n) is 5.83. The third-order valence-corrected chi connectivity index (χ3v) is 6.85. The molecule has 2 saturated carbocycles. The zero-order valence-corrected chi connectivity index (χ0v) is 12.5. The van der Waals surface area contributed by atoms with Gasteiger partial charge in [-0.1, -0.05) is 0 Å². The van der Waals surface area contributed by atoms with Crippen molar-refractivity contribution in [2.24, 2.45) is 17.3 Å². The second-order valence-corrected chi connectivity index (χ2v) is 8.06. The molecular weight excluding hydrogens is 292 g/mol. The van der Waals surface area contributed by atoms with Gasteiger partial charge in [0.05, 0.1) is 22.5 Å². The lowest BCUT2D eigenvalue weighted by molar-refractivity contribution is -0.223. The number of ether oxygens (including phenoxy) is 3. The lowest BCUT2D eigenvalue weighted by Gasteiger charge is -2.53. The summed E-state index contributed by atoms with van der Waals surface area (Å²) in [7, 11) is 0. The number of epoxide rings is 1. The Hall–Kier alpha value is -1.18. The number of fused-ring (bicyclic) bond motifs is 4. The van der Waals surface area contributed by atoms with Crippen molar-refractivity contribution in [1.29, 1.82) is 0 Å². The Morgan fingerprint density at radius 2 is 1.95 bits per heavy atom. The maximum Gasteiger partial charge on any atom is 0.342 e. The summed E-state index contributed by atoms with van der Waals surface area (Å²) in [6.45, 7) is 4.92. The molecule has 0 radical (unpaired) electrons. The monoisotopic (exact) mass is 310 g/mol. The van der Waals surface area contributed by atoms with E-state index >= 15 is 0 Å². The fourth-order valence-corrected chi connectivity index (χ4v) is 5.83. The molecular formula is C15H18O7. The van der Waals surface area contributed by atoms with E-state index in [1.54, 1.807) is 20.8 Å². The van der Waals surface area contributed by atoms with Crippen molar-refractivity contribution in [1.82, 2.24) is 0 Å². The van der Waals surface area contributed by atoms with E-state index in [0.717, 1.165) is 0 Å². The Morgan fingerprint density at radius 1 is 1.27 bits per heavy atom. The van der Waals surface area contributed by atoms with Crippen LogP contribution in [-0.4, -0.2) is 57.3 Å². The molecule has 7 heteroatoms. The molecule has 22 heavy (non-hydrogen) atoms. The van der Waals surface area contributed by atoms with Gasteiger partial charge in [0.2, 0.25) is 5.60 Å². The van der Waals surface area contributed by atoms with Crippen molar-refractivity contribution in [3.05, 3.63) is 0 Å². The normalized spacial score (nSPS) is 60.7. The molecule has 2 aliphatic carbocycles. The summed E-state index contributed by atoms with van der Waals surface area (Å²) in [6.07, 6.45) is -1.78. The maximum atomic E-state index is 12.4. The molecule has 0 aromatic rings. The van der Waals surface area contributed by atoms with E-state index in [2.05, 4.69) is 0 Å². The molecule has 2 bridgehead atoms. The molecule has 1 spiro atoms. The first-order chi connectivity index (χ1) is 10.1. The Labute approximate surface area is 126 Å². The maximum absolute atomic E-state index is 12.4. The first-order valence-corrected chi connectivity index (χ1v) is 7.63. The smallest absolute Gasteiger partial charge is 0.342 e. The Kier molecular flexibility index (Phi) is 1.85. The van der Waals surface area contributed by atoms with Crippen molar-refractivity contribution >= 4 is 11.9 Å². The molecule has 5 fully saturated rings. The molecule has 5 rings (SSSR count). The molecule has 3 heterocycles. The van der Waals surface area contributed by atoms with Crippen LogP contribution in [0.2, 0.25) is 0 Å². The van der Waals surface area contributed by atoms with Crippen LogP contribution in [0.3, 0.4) is 0 Å². The van der Waals surface area contributed by atoms with Crippen LogP contribution in [0.1, 0.15) is 27.2 Å². The van der Waals surface area contributed by atoms with Crippen molar-refractivity contribution in [2.75, 3.05) is 0 Å². The summed E-state index contributed by atoms with van der Waals surface area (Å²) < 4.78 is 16.5. The van der Waals surface area contributed by atoms with E-state index in [0.29, 0.717) is 0 Å². The van der Waals surface area contributed by atoms with E-state index < -0.39 is 64.3 Å². The molecule has 1 unspecified atom stereocenters. The van der Waals surface area contributed by atoms with Crippen molar-refractivity contribution in [3.63, 3.8) is 0 Å². The standard InChI is InChI=1S/C15H18O7/c1-12(2,18)6-7-10(16)20-8(6)9-13(3)14(7,19)4-5-15(13,22-5)11(17)21-9/h5-9,18-19H,4H2,1-3H3/t5-,6+,7?,8-,9-,13-,14-,15+/m1/s1. The van der Waals surface area contributed by atoms with Crippen LogP contribution in [0.5, 0.6) is 0 Å². The van der Waals surface area contributed by atoms with Crippen molar-refractivity contribution in [3.8, 4) is 0 Å². The third-order valence-electron chi connectivity index (χ3n) is 6.85. The summed E-state index contributed by atoms with van der Waals surface area (Å²) in [5.41, 5.74) is -4.89. The fraction of sp³-hybridized carbons (Fsp3) is 0.867. The Bertz CT molecular complexity index is 638. The largest absolute Gasteiger partial charge is 0.458 e. The van der Waals surface area contributed by atoms with E-state index in [-0.39, 0.29) is 6.42 Å². The van der Waals surface area contributed by atoms with Crippen LogP contribution in [0.4, 0.5) is 0 Å². The topological polar surface area (TPSA) is 106 Å². The average Bonchev–Trinajstić information content (AvgIpc) is 2.85. The van der Waals surface area contributed by atoms with Gasteiger partial charge < -0.3 is 24.4 Å². The van der Waals surface area contributed by atoms with Gasteiger partial charge in [-0.15, -0.1) is 0 Å². The summed E-state index contributed by atoms with van der Waals surface area (Å²) in [5.74, 6) is -2.51. The first-order valence-electron chi connectivity index (χ1n) is 7.63. The van der Waals surface area contributed by atoms with Gasteiger partial charge in [0.15, 0.2) is 6.10 Å². The van der Waals surface area contributed by atoms with E-state index in [9.17, 15) is 19.8 Å². The number of aliphatic hydroxyl groups is 2. The highest BCUT2D eigenvalue weighted by Gasteiger charge is 2.95. The molecule has 0 aromatic carbocycles. The van der Waals surface area contributed by atoms with Gasteiger partial charge in [-0.3, -0.25) is 4.79 Å². The number of rotatable bonds is 1. The van der Waals surface area contributed by atoms with Crippen molar-refractivity contribution in [2.45, 2.75) is 62.3 Å². The molecule has 8 atom stereocenters. The molecule has 3 saturated heterocycles. The lowest BCUT2D eigenvalue weighted by Crippen LogP contribution is -2.68. The van der Waals surface area contributed by atoms with Gasteiger partial charge in [-0.2, -0.15) is 0 Å². The first kappa shape index (κ1) is 13.3. The van der Waals surface area contributed by atoms with Gasteiger partial charge in [-0.05, 0) is 20.8 Å². The number of carbonyl (C=O) groups is 2. The minimum Gasteiger partial charge on any atom is -0.458 e. The number of carbonyl (C=O) groups excluding carboxylic acids is 2. The molecule has 120 valence electrons. The van der Waals surface area contributed by atoms with Gasteiger partial charge in [0.25, 0.3) is 0 Å². The SMILES string of the molecule is CC(C)(O)[C@H]1C2C(=O)O[C@H]1[C@H]1OC(=O)[C@@]34O[C@@H]3C[C@]2(O)[C@@]14C. The highest BCUT2D eigenvalue weighted by molar-refractivity contribution is 5.91. The lowest BCUT2D eigenvalue weighted by atomic mass is 9.52. The highest BCUT2D eigenvalue weighted by Crippen LogP contribution is 2.77. The van der Waals surface area contributed by atoms with E-state index in [1.165, 1.54) is 0 Å². The van der Waals surface area contributed by atoms with Crippen LogP contribution in [-0.2, 0) is 23.8 Å². The summed E-state index contributed by atoms with van der Waals surface area (Å²) in [5, 5.41) is 21.9. The average molecular weight is 310 g/mol. The summed E-state index contributed by atoms with van der Waals surface area (Å²) in [6, 6.07) is 0. The van der Waals surface area contributed by atoms with Gasteiger partial charge in [-0.25, -0.2) is 4.79 Å². The van der Waals surface area contributed by atoms with Crippen LogP contribution >= 0.6 is 0 Å². The molecule has 3 aliphatic heterocycles. The highest BCUT2D eigenvalue weighted by atomic mass is 16.7. The van der Waals surface area contributed by atoms with Crippen LogP contribution in [0, 0.1) is 17.3 Å². The zero-order chi connectivity index (χ0) is 15.9. The van der Waals surface area contributed by atoms with Gasteiger partial charge in [0.1, 0.15) is 12.2 Å². The quantitative estimate of drug-likeness (QED) is 0.479. The van der Waals surface area contributed by atoms with E-state index in [1.807, 2.05) is 0 Å². The zero-order valence-electron chi connectivity index (χ0n) is 12.5. The Balaban J connectivity index is 1.76. The number of hydrogen-bond acceptors (Lipinski definition) is 7. The Morgan fingerprint density at radius 3 is 2.59 bits per heavy atom. The van der Waals surface area contributed by atoms with Crippen LogP contribution in [0.25, 0.3) is 0 Å². The minimum atomic E-state index is -1.47. The molecule has 0 amide bonds. The molecule has 7 nitrogen and oxygen atoms in total. The third kappa shape index (κ3) is 0.962. The van der Waals surface area contributed by atoms with Crippen LogP contribution < -0.4 is 0 Å². The molecule has 5 aliphatic rings. The predicted molar refractivity (Wildman–Crippen MR) is 68.3 cm³/mol. The van der Waals surface area contributed by atoms with Gasteiger partial charge >= 0.3 is 11.9 Å². The van der Waals surface area contributed by atoms with Gasteiger partial charge in [0, 0.05) is 12.3 Å². The van der Waals surface area contributed by atoms with E-state index in [4.69, 9.17) is 14.2 Å².